The van der Waals surface area contributed by atoms with Gasteiger partial charge in [-0.2, -0.15) is 0 Å². The lowest BCUT2D eigenvalue weighted by Gasteiger charge is -2.26. The molecular weight excluding hydrogens is 390 g/mol. The van der Waals surface area contributed by atoms with Crippen LogP contribution >= 0.6 is 11.3 Å². The van der Waals surface area contributed by atoms with Crippen molar-refractivity contribution in [2.24, 2.45) is 0 Å². The van der Waals surface area contributed by atoms with Crippen molar-refractivity contribution in [1.82, 2.24) is 14.8 Å². The van der Waals surface area contributed by atoms with Crippen LogP contribution in [0.3, 0.4) is 0 Å². The molecule has 0 radical (unpaired) electrons. The number of aromatic nitrogens is 1. The molecule has 7 nitrogen and oxygen atoms in total. The maximum Gasteiger partial charge on any atom is 0.326 e. The summed E-state index contributed by atoms with van der Waals surface area (Å²) in [5.74, 6) is -1.08. The van der Waals surface area contributed by atoms with Crippen molar-refractivity contribution in [2.45, 2.75) is 31.8 Å². The summed E-state index contributed by atoms with van der Waals surface area (Å²) in [5, 5.41) is 12.0. The summed E-state index contributed by atoms with van der Waals surface area (Å²) in [6.45, 7) is 4.95. The number of aliphatic carboxylic acids is 1. The number of thiazole rings is 1. The minimum atomic E-state index is -0.924. The SMILES string of the molecule is O=C(O)C1CCCN1C(=O)Cc1csc(-c2ccc(CN3CCOCC3)cc2)n1. The second kappa shape index (κ2) is 9.02. The molecule has 3 heterocycles. The first kappa shape index (κ1) is 20.0. The first-order valence-corrected chi connectivity index (χ1v) is 10.8. The fourth-order valence-corrected chi connectivity index (χ4v) is 4.70. The Morgan fingerprint density at radius 3 is 2.66 bits per heavy atom. The van der Waals surface area contributed by atoms with Crippen LogP contribution < -0.4 is 0 Å². The Bertz CT molecular complexity index is 861. The number of benzene rings is 1. The number of morpholine rings is 1. The molecule has 4 rings (SSSR count). The first-order chi connectivity index (χ1) is 14.1. The number of carboxylic acids is 1. The van der Waals surface area contributed by atoms with E-state index >= 15 is 0 Å². The first-order valence-electron chi connectivity index (χ1n) is 9.96. The molecule has 0 bridgehead atoms. The van der Waals surface area contributed by atoms with Crippen molar-refractivity contribution in [2.75, 3.05) is 32.8 Å². The number of carbonyl (C=O) groups is 2. The molecule has 1 amide bonds. The lowest BCUT2D eigenvalue weighted by molar-refractivity contribution is -0.148. The highest BCUT2D eigenvalue weighted by Gasteiger charge is 2.33. The van der Waals surface area contributed by atoms with Crippen LogP contribution in [0.5, 0.6) is 0 Å². The zero-order valence-electron chi connectivity index (χ0n) is 16.2. The van der Waals surface area contributed by atoms with Crippen LogP contribution in [0.2, 0.25) is 0 Å². The Labute approximate surface area is 173 Å². The van der Waals surface area contributed by atoms with Crippen LogP contribution in [0.1, 0.15) is 24.1 Å². The van der Waals surface area contributed by atoms with Crippen LogP contribution in [0.4, 0.5) is 0 Å². The Morgan fingerprint density at radius 1 is 1.17 bits per heavy atom. The number of hydrogen-bond donors (Lipinski definition) is 1. The highest BCUT2D eigenvalue weighted by molar-refractivity contribution is 7.13. The van der Waals surface area contributed by atoms with Crippen LogP contribution in [-0.2, 0) is 27.3 Å². The summed E-state index contributed by atoms with van der Waals surface area (Å²) < 4.78 is 5.39. The van der Waals surface area contributed by atoms with Crippen molar-refractivity contribution in [3.8, 4) is 10.6 Å². The van der Waals surface area contributed by atoms with E-state index in [9.17, 15) is 14.7 Å². The Kier molecular flexibility index (Phi) is 6.22. The van der Waals surface area contributed by atoms with Crippen molar-refractivity contribution in [3.05, 3.63) is 40.9 Å². The summed E-state index contributed by atoms with van der Waals surface area (Å²) >= 11 is 1.51. The summed E-state index contributed by atoms with van der Waals surface area (Å²) in [4.78, 5) is 32.3. The van der Waals surface area contributed by atoms with E-state index in [0.717, 1.165) is 49.8 Å². The zero-order valence-corrected chi connectivity index (χ0v) is 17.1. The van der Waals surface area contributed by atoms with Gasteiger partial charge < -0.3 is 14.7 Å². The van der Waals surface area contributed by atoms with Gasteiger partial charge in [0.1, 0.15) is 11.0 Å². The maximum absolute atomic E-state index is 12.5. The summed E-state index contributed by atoms with van der Waals surface area (Å²) in [6, 6.07) is 7.69. The van der Waals surface area contributed by atoms with Crippen LogP contribution in [0.15, 0.2) is 29.6 Å². The van der Waals surface area contributed by atoms with Gasteiger partial charge in [0.2, 0.25) is 5.91 Å². The lowest BCUT2D eigenvalue weighted by Crippen LogP contribution is -2.41. The topological polar surface area (TPSA) is 83.0 Å². The summed E-state index contributed by atoms with van der Waals surface area (Å²) in [7, 11) is 0. The highest BCUT2D eigenvalue weighted by atomic mass is 32.1. The molecule has 154 valence electrons. The van der Waals surface area contributed by atoms with Gasteiger partial charge in [-0.05, 0) is 18.4 Å². The lowest BCUT2D eigenvalue weighted by atomic mass is 10.1. The van der Waals surface area contributed by atoms with Gasteiger partial charge in [-0.25, -0.2) is 9.78 Å². The van der Waals surface area contributed by atoms with E-state index in [2.05, 4.69) is 34.1 Å². The van der Waals surface area contributed by atoms with E-state index in [-0.39, 0.29) is 12.3 Å². The second-order valence-electron chi connectivity index (χ2n) is 7.49. The number of rotatable bonds is 6. The molecule has 2 aromatic rings. The van der Waals surface area contributed by atoms with Crippen molar-refractivity contribution in [1.29, 1.82) is 0 Å². The molecule has 1 aromatic heterocycles. The molecule has 2 saturated heterocycles. The van der Waals surface area contributed by atoms with E-state index in [1.807, 2.05) is 5.38 Å². The number of amides is 1. The van der Waals surface area contributed by atoms with Gasteiger partial charge in [-0.1, -0.05) is 24.3 Å². The van der Waals surface area contributed by atoms with Crippen LogP contribution in [-0.4, -0.2) is 70.7 Å². The Hall–Kier alpha value is -2.29. The number of likely N-dealkylation sites (tertiary alicyclic amines) is 1. The number of ether oxygens (including phenoxy) is 1. The Balaban J connectivity index is 1.37. The smallest absolute Gasteiger partial charge is 0.326 e. The van der Waals surface area contributed by atoms with Gasteiger partial charge in [-0.15, -0.1) is 11.3 Å². The van der Waals surface area contributed by atoms with Gasteiger partial charge >= 0.3 is 5.97 Å². The fraction of sp³-hybridized carbons (Fsp3) is 0.476. The molecule has 1 N–H and O–H groups in total. The van der Waals surface area contributed by atoms with E-state index in [4.69, 9.17) is 4.74 Å². The monoisotopic (exact) mass is 415 g/mol. The molecular formula is C21H25N3O4S. The number of hydrogen-bond acceptors (Lipinski definition) is 6. The third-order valence-electron chi connectivity index (χ3n) is 5.45. The van der Waals surface area contributed by atoms with Crippen molar-refractivity contribution >= 4 is 23.2 Å². The number of nitrogens with zero attached hydrogens (tertiary/aromatic N) is 3. The molecule has 2 aliphatic heterocycles. The van der Waals surface area contributed by atoms with E-state index < -0.39 is 12.0 Å². The molecule has 2 aliphatic rings. The largest absolute Gasteiger partial charge is 0.480 e. The molecule has 0 spiro atoms. The predicted molar refractivity (Wildman–Crippen MR) is 110 cm³/mol. The van der Waals surface area contributed by atoms with Crippen molar-refractivity contribution in [3.63, 3.8) is 0 Å². The molecule has 8 heteroatoms. The minimum Gasteiger partial charge on any atom is -0.480 e. The second-order valence-corrected chi connectivity index (χ2v) is 8.35. The molecule has 29 heavy (non-hydrogen) atoms. The molecule has 0 saturated carbocycles. The van der Waals surface area contributed by atoms with Crippen LogP contribution in [0.25, 0.3) is 10.6 Å². The molecule has 2 fully saturated rings. The van der Waals surface area contributed by atoms with E-state index in [1.165, 1.54) is 21.8 Å². The molecule has 1 unspecified atom stereocenters. The maximum atomic E-state index is 12.5. The average molecular weight is 416 g/mol. The molecule has 1 aromatic carbocycles. The summed E-state index contributed by atoms with van der Waals surface area (Å²) in [6.07, 6.45) is 1.41. The minimum absolute atomic E-state index is 0.148. The third-order valence-corrected chi connectivity index (χ3v) is 6.39. The fourth-order valence-electron chi connectivity index (χ4n) is 3.87. The van der Waals surface area contributed by atoms with Crippen molar-refractivity contribution < 1.29 is 19.4 Å². The zero-order chi connectivity index (χ0) is 20.2. The standard InChI is InChI=1S/C21H25N3O4S/c25-19(24-7-1-2-18(24)21(26)27)12-17-14-29-20(22-17)16-5-3-15(4-6-16)13-23-8-10-28-11-9-23/h3-6,14,18H,1-2,7-13H2,(H,26,27). The quantitative estimate of drug-likeness (QED) is 0.779. The van der Waals surface area contributed by atoms with E-state index in [0.29, 0.717) is 18.7 Å². The molecule has 1 atom stereocenters. The number of carboxylic acid groups (broad SMARTS) is 1. The van der Waals surface area contributed by atoms with E-state index in [1.54, 1.807) is 0 Å². The van der Waals surface area contributed by atoms with Gasteiger partial charge in [0.25, 0.3) is 0 Å². The van der Waals surface area contributed by atoms with Gasteiger partial charge in [0, 0.05) is 37.1 Å². The van der Waals surface area contributed by atoms with Gasteiger partial charge in [0.05, 0.1) is 25.3 Å². The van der Waals surface area contributed by atoms with Crippen LogP contribution in [0, 0.1) is 0 Å². The molecule has 0 aliphatic carbocycles. The van der Waals surface area contributed by atoms with Gasteiger partial charge in [0.15, 0.2) is 0 Å². The highest BCUT2D eigenvalue weighted by Crippen LogP contribution is 2.26. The Morgan fingerprint density at radius 2 is 1.93 bits per heavy atom. The normalized spacial score (nSPS) is 20.1. The predicted octanol–water partition coefficient (Wildman–Crippen LogP) is 2.26. The number of carbonyl (C=O) groups excluding carboxylic acids is 1. The third kappa shape index (κ3) is 4.83. The average Bonchev–Trinajstić information content (AvgIpc) is 3.39. The summed E-state index contributed by atoms with van der Waals surface area (Å²) in [5.41, 5.74) is 2.99. The van der Waals surface area contributed by atoms with Gasteiger partial charge in [-0.3, -0.25) is 9.69 Å².